The topological polar surface area (TPSA) is 85.2 Å². The van der Waals surface area contributed by atoms with Crippen molar-refractivity contribution in [3.63, 3.8) is 0 Å². The predicted octanol–water partition coefficient (Wildman–Crippen LogP) is 3.72. The number of hydrogen-bond acceptors (Lipinski definition) is 5. The molecule has 0 unspecified atom stereocenters. The highest BCUT2D eigenvalue weighted by atomic mass is 15.5. The summed E-state index contributed by atoms with van der Waals surface area (Å²) in [6, 6.07) is 8.97. The van der Waals surface area contributed by atoms with Crippen molar-refractivity contribution in [2.45, 2.75) is 51.0 Å². The Hall–Kier alpha value is -3.09. The molecule has 4 aromatic rings. The van der Waals surface area contributed by atoms with E-state index in [0.29, 0.717) is 5.82 Å². The minimum Gasteiger partial charge on any atom is -0.258 e. The lowest BCUT2D eigenvalue weighted by molar-refractivity contribution is 0.690. The maximum absolute atomic E-state index is 4.84. The zero-order valence-electron chi connectivity index (χ0n) is 15.8. The fraction of sp³-hybridized carbons (Fsp3) is 0.381. The van der Waals surface area contributed by atoms with Crippen LogP contribution in [0.4, 0.5) is 0 Å². The fourth-order valence-corrected chi connectivity index (χ4v) is 4.25. The number of rotatable bonds is 5. The highest BCUT2D eigenvalue weighted by molar-refractivity contribution is 5.81. The molecular formula is C21H21N7. The summed E-state index contributed by atoms with van der Waals surface area (Å²) in [6.07, 6.45) is 7.04. The number of aryl methyl sites for hydroxylation is 1. The smallest absolute Gasteiger partial charge is 0.181 e. The van der Waals surface area contributed by atoms with E-state index in [-0.39, 0.29) is 0 Å². The van der Waals surface area contributed by atoms with E-state index in [0.717, 1.165) is 40.7 Å². The van der Waals surface area contributed by atoms with Crippen LogP contribution in [0.1, 0.15) is 59.9 Å². The van der Waals surface area contributed by atoms with Crippen LogP contribution in [0.25, 0.3) is 22.4 Å². The summed E-state index contributed by atoms with van der Waals surface area (Å²) in [6.45, 7) is 2.82. The van der Waals surface area contributed by atoms with Crippen molar-refractivity contribution in [1.29, 1.82) is 0 Å². The molecule has 0 atom stereocenters. The Morgan fingerprint density at radius 1 is 1.11 bits per heavy atom. The Morgan fingerprint density at radius 3 is 2.50 bits per heavy atom. The first-order valence-corrected chi connectivity index (χ1v) is 9.97. The number of tetrazole rings is 1. The number of aromatic amines is 1. The summed E-state index contributed by atoms with van der Waals surface area (Å²) >= 11 is 0. The molecule has 2 aliphatic carbocycles. The number of hydrogen-bond donors (Lipinski definition) is 1. The van der Waals surface area contributed by atoms with Gasteiger partial charge < -0.3 is 0 Å². The van der Waals surface area contributed by atoms with Gasteiger partial charge in [0.2, 0.25) is 0 Å². The average Bonchev–Trinajstić information content (AvgIpc) is 3.64. The van der Waals surface area contributed by atoms with E-state index in [1.807, 2.05) is 6.92 Å². The number of benzene rings is 1. The SMILES string of the molecule is Cc1nn(Cc2c(C3CC3)cccc2C2CC2)c2cc(-c3nnn[nH]3)cnc12. The molecule has 3 aromatic heterocycles. The van der Waals surface area contributed by atoms with Gasteiger partial charge in [-0.1, -0.05) is 18.2 Å². The second-order valence-electron chi connectivity index (χ2n) is 8.05. The Labute approximate surface area is 162 Å². The van der Waals surface area contributed by atoms with Crippen LogP contribution < -0.4 is 0 Å². The van der Waals surface area contributed by atoms with Gasteiger partial charge >= 0.3 is 0 Å². The molecule has 7 heteroatoms. The van der Waals surface area contributed by atoms with Gasteiger partial charge in [0, 0.05) is 11.8 Å². The largest absolute Gasteiger partial charge is 0.258 e. The van der Waals surface area contributed by atoms with Crippen molar-refractivity contribution in [2.24, 2.45) is 0 Å². The number of fused-ring (bicyclic) bond motifs is 1. The Bertz CT molecular complexity index is 1140. The van der Waals surface area contributed by atoms with Crippen molar-refractivity contribution in [1.82, 2.24) is 35.4 Å². The maximum atomic E-state index is 4.84. The van der Waals surface area contributed by atoms with E-state index in [1.54, 1.807) is 6.20 Å². The van der Waals surface area contributed by atoms with Gasteiger partial charge in [-0.05, 0) is 77.6 Å². The van der Waals surface area contributed by atoms with Gasteiger partial charge in [-0.25, -0.2) is 5.10 Å². The Balaban J connectivity index is 1.48. The van der Waals surface area contributed by atoms with E-state index in [4.69, 9.17) is 5.10 Å². The first kappa shape index (κ1) is 15.9. The van der Waals surface area contributed by atoms with Gasteiger partial charge in [0.25, 0.3) is 0 Å². The van der Waals surface area contributed by atoms with E-state index < -0.39 is 0 Å². The highest BCUT2D eigenvalue weighted by Crippen LogP contribution is 2.47. The number of H-pyrrole nitrogens is 1. The third-order valence-electron chi connectivity index (χ3n) is 5.97. The van der Waals surface area contributed by atoms with Crippen LogP contribution in [0.3, 0.4) is 0 Å². The normalized spacial score (nSPS) is 16.8. The van der Waals surface area contributed by atoms with Crippen LogP contribution in [0.15, 0.2) is 30.5 Å². The zero-order chi connectivity index (χ0) is 18.7. The summed E-state index contributed by atoms with van der Waals surface area (Å²) in [5.74, 6) is 2.08. The monoisotopic (exact) mass is 371 g/mol. The van der Waals surface area contributed by atoms with Crippen LogP contribution in [-0.4, -0.2) is 35.4 Å². The first-order valence-electron chi connectivity index (χ1n) is 9.97. The molecule has 6 rings (SSSR count). The minimum absolute atomic E-state index is 0.622. The minimum atomic E-state index is 0.622. The maximum Gasteiger partial charge on any atom is 0.181 e. The number of nitrogens with one attached hydrogen (secondary N) is 1. The molecule has 28 heavy (non-hydrogen) atoms. The number of nitrogens with zero attached hydrogens (tertiary/aromatic N) is 6. The van der Waals surface area contributed by atoms with Crippen molar-refractivity contribution in [2.75, 3.05) is 0 Å². The van der Waals surface area contributed by atoms with Crippen LogP contribution in [0, 0.1) is 6.92 Å². The van der Waals surface area contributed by atoms with Crippen LogP contribution >= 0.6 is 0 Å². The lowest BCUT2D eigenvalue weighted by Gasteiger charge is -2.15. The molecule has 0 radical (unpaired) electrons. The van der Waals surface area contributed by atoms with Crippen molar-refractivity contribution >= 4 is 11.0 Å². The number of aromatic nitrogens is 7. The molecule has 0 saturated heterocycles. The van der Waals surface area contributed by atoms with E-state index in [2.05, 4.69) is 54.6 Å². The van der Waals surface area contributed by atoms with E-state index >= 15 is 0 Å². The Kier molecular flexibility index (Phi) is 3.38. The second-order valence-corrected chi connectivity index (χ2v) is 8.05. The standard InChI is InChI=1S/C21H21N7/c1-12-20-19(9-15(10-22-20)21-23-26-27-24-21)28(25-12)11-18-16(13-5-6-13)3-2-4-17(18)14-7-8-14/h2-4,9-10,13-14H,5-8,11H2,1H3,(H,23,24,26,27). The molecule has 2 fully saturated rings. The summed E-state index contributed by atoms with van der Waals surface area (Å²) in [4.78, 5) is 4.64. The summed E-state index contributed by atoms with van der Waals surface area (Å²) < 4.78 is 2.11. The van der Waals surface area contributed by atoms with Gasteiger partial charge in [0.1, 0.15) is 5.52 Å². The second kappa shape index (κ2) is 5.95. The third-order valence-corrected chi connectivity index (χ3v) is 5.97. The molecular weight excluding hydrogens is 350 g/mol. The van der Waals surface area contributed by atoms with Crippen LogP contribution in [0.5, 0.6) is 0 Å². The third kappa shape index (κ3) is 2.61. The van der Waals surface area contributed by atoms with Crippen LogP contribution in [-0.2, 0) is 6.54 Å². The molecule has 2 saturated carbocycles. The van der Waals surface area contributed by atoms with Gasteiger partial charge in [0.05, 0.1) is 17.8 Å². The lowest BCUT2D eigenvalue weighted by Crippen LogP contribution is -2.08. The van der Waals surface area contributed by atoms with Gasteiger partial charge in [0.15, 0.2) is 5.82 Å². The molecule has 1 aromatic carbocycles. The number of pyridine rings is 1. The molecule has 2 aliphatic rings. The average molecular weight is 371 g/mol. The van der Waals surface area contributed by atoms with Crippen molar-refractivity contribution < 1.29 is 0 Å². The molecule has 0 spiro atoms. The molecule has 1 N–H and O–H groups in total. The van der Waals surface area contributed by atoms with Gasteiger partial charge in [-0.2, -0.15) is 5.10 Å². The summed E-state index contributed by atoms with van der Waals surface area (Å²) in [7, 11) is 0. The molecule has 3 heterocycles. The van der Waals surface area contributed by atoms with Crippen molar-refractivity contribution in [3.05, 3.63) is 52.8 Å². The Morgan fingerprint density at radius 2 is 1.86 bits per heavy atom. The molecule has 7 nitrogen and oxygen atoms in total. The van der Waals surface area contributed by atoms with E-state index in [1.165, 1.54) is 42.4 Å². The molecule has 0 bridgehead atoms. The predicted molar refractivity (Wildman–Crippen MR) is 105 cm³/mol. The van der Waals surface area contributed by atoms with E-state index in [9.17, 15) is 0 Å². The summed E-state index contributed by atoms with van der Waals surface area (Å²) in [5, 5.41) is 19.0. The lowest BCUT2D eigenvalue weighted by atomic mass is 9.95. The molecule has 0 aliphatic heterocycles. The zero-order valence-corrected chi connectivity index (χ0v) is 15.8. The molecule has 140 valence electrons. The van der Waals surface area contributed by atoms with Gasteiger partial charge in [-0.15, -0.1) is 5.10 Å². The quantitative estimate of drug-likeness (QED) is 0.578. The molecule has 0 amide bonds. The van der Waals surface area contributed by atoms with Gasteiger partial charge in [-0.3, -0.25) is 9.67 Å². The highest BCUT2D eigenvalue weighted by Gasteiger charge is 2.32. The van der Waals surface area contributed by atoms with Crippen molar-refractivity contribution in [3.8, 4) is 11.4 Å². The summed E-state index contributed by atoms with van der Waals surface area (Å²) in [5.41, 5.74) is 8.31. The van der Waals surface area contributed by atoms with Crippen LogP contribution in [0.2, 0.25) is 0 Å². The first-order chi connectivity index (χ1) is 13.8. The fourth-order valence-electron chi connectivity index (χ4n) is 4.25.